The van der Waals surface area contributed by atoms with E-state index in [1.54, 1.807) is 22.7 Å². The number of carbonyl (C=O) groups is 1. The Labute approximate surface area is 171 Å². The number of aryl methyl sites for hydroxylation is 1. The highest BCUT2D eigenvalue weighted by Gasteiger charge is 2.31. The molecule has 1 unspecified atom stereocenters. The van der Waals surface area contributed by atoms with Crippen molar-refractivity contribution >= 4 is 49.0 Å². The topological polar surface area (TPSA) is 46.1 Å². The van der Waals surface area contributed by atoms with E-state index < -0.39 is 0 Å². The van der Waals surface area contributed by atoms with Gasteiger partial charge in [-0.3, -0.25) is 4.79 Å². The van der Waals surface area contributed by atoms with Gasteiger partial charge in [-0.05, 0) is 49.9 Å². The Kier molecular flexibility index (Phi) is 4.82. The van der Waals surface area contributed by atoms with Crippen LogP contribution < -0.4 is 0 Å². The van der Waals surface area contributed by atoms with Crippen LogP contribution >= 0.6 is 22.7 Å². The number of fused-ring (bicyclic) bond motifs is 2. The van der Waals surface area contributed by atoms with Crippen LogP contribution in [0.1, 0.15) is 41.7 Å². The summed E-state index contributed by atoms with van der Waals surface area (Å²) in [6, 6.07) is 16.6. The molecule has 3 heterocycles. The fraction of sp³-hybridized carbons (Fsp3) is 0.318. The zero-order chi connectivity index (χ0) is 18.9. The number of para-hydroxylation sites is 2. The van der Waals surface area contributed by atoms with Crippen LogP contribution in [0.3, 0.4) is 0 Å². The van der Waals surface area contributed by atoms with Crippen molar-refractivity contribution in [3.05, 3.63) is 58.5 Å². The smallest absolute Gasteiger partial charge is 0.223 e. The van der Waals surface area contributed by atoms with E-state index in [0.717, 1.165) is 53.3 Å². The summed E-state index contributed by atoms with van der Waals surface area (Å²) in [5.74, 6) is 0.253. The number of aromatic nitrogens is 2. The number of amides is 1. The fourth-order valence-electron chi connectivity index (χ4n) is 3.92. The Bertz CT molecular complexity index is 1070. The van der Waals surface area contributed by atoms with Crippen LogP contribution in [0.15, 0.2) is 48.5 Å². The second-order valence-corrected chi connectivity index (χ2v) is 9.37. The quantitative estimate of drug-likeness (QED) is 0.433. The molecule has 0 aliphatic carbocycles. The van der Waals surface area contributed by atoms with Crippen molar-refractivity contribution < 1.29 is 4.79 Å². The molecule has 4 nitrogen and oxygen atoms in total. The molecule has 2 aromatic carbocycles. The van der Waals surface area contributed by atoms with E-state index in [2.05, 4.69) is 28.1 Å². The molecule has 1 atom stereocenters. The molecule has 28 heavy (non-hydrogen) atoms. The van der Waals surface area contributed by atoms with Crippen LogP contribution in [0.2, 0.25) is 0 Å². The van der Waals surface area contributed by atoms with E-state index >= 15 is 0 Å². The summed E-state index contributed by atoms with van der Waals surface area (Å²) in [4.78, 5) is 24.4. The second kappa shape index (κ2) is 7.60. The standard InChI is InChI=1S/C22H21N3OS2/c26-21(13-5-12-20-23-15-7-1-3-10-18(15)27-20)25-14-6-9-17(25)22-24-16-8-2-4-11-19(16)28-22/h1-4,7-8,10-11,17H,5-6,9,12-14H2. The average Bonchev–Trinajstić information content (AvgIpc) is 3.43. The van der Waals surface area contributed by atoms with Crippen LogP contribution in [-0.4, -0.2) is 27.3 Å². The maximum absolute atomic E-state index is 12.9. The molecule has 2 aromatic heterocycles. The van der Waals surface area contributed by atoms with Crippen LogP contribution in [0.4, 0.5) is 0 Å². The molecule has 1 aliphatic heterocycles. The van der Waals surface area contributed by atoms with Crippen LogP contribution in [0.25, 0.3) is 20.4 Å². The molecular formula is C22H21N3OS2. The zero-order valence-corrected chi connectivity index (χ0v) is 17.1. The lowest BCUT2D eigenvalue weighted by atomic mass is 10.2. The van der Waals surface area contributed by atoms with Gasteiger partial charge in [0, 0.05) is 13.0 Å². The van der Waals surface area contributed by atoms with Crippen LogP contribution in [0.5, 0.6) is 0 Å². The van der Waals surface area contributed by atoms with Gasteiger partial charge in [0.1, 0.15) is 5.01 Å². The molecule has 0 bridgehead atoms. The monoisotopic (exact) mass is 407 g/mol. The molecule has 0 saturated carbocycles. The third-order valence-corrected chi connectivity index (χ3v) is 7.52. The van der Waals surface area contributed by atoms with Crippen molar-refractivity contribution in [1.82, 2.24) is 14.9 Å². The minimum Gasteiger partial charge on any atom is -0.333 e. The van der Waals surface area contributed by atoms with E-state index in [1.807, 2.05) is 30.3 Å². The van der Waals surface area contributed by atoms with Crippen molar-refractivity contribution in [2.24, 2.45) is 0 Å². The first-order valence-electron chi connectivity index (χ1n) is 9.77. The Morgan fingerprint density at radius 1 is 1.00 bits per heavy atom. The number of carbonyl (C=O) groups excluding carboxylic acids is 1. The average molecular weight is 408 g/mol. The molecule has 0 N–H and O–H groups in total. The molecule has 6 heteroatoms. The summed E-state index contributed by atoms with van der Waals surface area (Å²) in [6.07, 6.45) is 4.37. The molecule has 0 spiro atoms. The van der Waals surface area contributed by atoms with Gasteiger partial charge in [-0.1, -0.05) is 24.3 Å². The van der Waals surface area contributed by atoms with E-state index in [4.69, 9.17) is 4.98 Å². The van der Waals surface area contributed by atoms with Crippen molar-refractivity contribution in [3.8, 4) is 0 Å². The third kappa shape index (κ3) is 3.42. The van der Waals surface area contributed by atoms with Gasteiger partial charge in [-0.15, -0.1) is 22.7 Å². The van der Waals surface area contributed by atoms with Gasteiger partial charge < -0.3 is 4.90 Å². The van der Waals surface area contributed by atoms with E-state index in [1.165, 1.54) is 9.40 Å². The van der Waals surface area contributed by atoms with Crippen molar-refractivity contribution in [3.63, 3.8) is 0 Å². The minimum atomic E-state index is 0.146. The summed E-state index contributed by atoms with van der Waals surface area (Å²) >= 11 is 3.46. The Hall–Kier alpha value is -2.31. The number of benzene rings is 2. The number of thiazole rings is 2. The Balaban J connectivity index is 1.24. The Morgan fingerprint density at radius 3 is 2.46 bits per heavy atom. The van der Waals surface area contributed by atoms with Crippen molar-refractivity contribution in [1.29, 1.82) is 0 Å². The SMILES string of the molecule is O=C(CCCc1nc2ccccc2s1)N1CCCC1c1nc2ccccc2s1. The predicted octanol–water partition coefficient (Wildman–Crippen LogP) is 5.59. The van der Waals surface area contributed by atoms with Gasteiger partial charge in [0.25, 0.3) is 0 Å². The molecule has 4 aromatic rings. The largest absolute Gasteiger partial charge is 0.333 e. The van der Waals surface area contributed by atoms with Crippen molar-refractivity contribution in [2.75, 3.05) is 6.54 Å². The van der Waals surface area contributed by atoms with E-state index in [9.17, 15) is 4.79 Å². The van der Waals surface area contributed by atoms with Crippen LogP contribution in [0, 0.1) is 0 Å². The van der Waals surface area contributed by atoms with Gasteiger partial charge in [0.15, 0.2) is 0 Å². The fourth-order valence-corrected chi connectivity index (χ4v) is 6.04. The highest BCUT2D eigenvalue weighted by Crippen LogP contribution is 2.37. The Morgan fingerprint density at radius 2 is 1.71 bits per heavy atom. The van der Waals surface area contributed by atoms with Crippen LogP contribution in [-0.2, 0) is 11.2 Å². The first kappa shape index (κ1) is 17.8. The van der Waals surface area contributed by atoms with E-state index in [0.29, 0.717) is 6.42 Å². The highest BCUT2D eigenvalue weighted by atomic mass is 32.1. The van der Waals surface area contributed by atoms with Gasteiger partial charge in [-0.2, -0.15) is 0 Å². The van der Waals surface area contributed by atoms with Crippen molar-refractivity contribution in [2.45, 2.75) is 38.1 Å². The van der Waals surface area contributed by atoms with Gasteiger partial charge >= 0.3 is 0 Å². The maximum atomic E-state index is 12.9. The number of likely N-dealkylation sites (tertiary alicyclic amines) is 1. The van der Waals surface area contributed by atoms with Gasteiger partial charge in [-0.25, -0.2) is 9.97 Å². The van der Waals surface area contributed by atoms with Gasteiger partial charge in [0.05, 0.1) is 31.5 Å². The lowest BCUT2D eigenvalue weighted by molar-refractivity contribution is -0.132. The maximum Gasteiger partial charge on any atom is 0.223 e. The molecule has 0 radical (unpaired) electrons. The summed E-state index contributed by atoms with van der Waals surface area (Å²) in [6.45, 7) is 0.848. The number of hydrogen-bond acceptors (Lipinski definition) is 5. The molecular weight excluding hydrogens is 386 g/mol. The lowest BCUT2D eigenvalue weighted by Gasteiger charge is -2.23. The third-order valence-electron chi connectivity index (χ3n) is 5.29. The molecule has 142 valence electrons. The number of rotatable bonds is 5. The number of hydrogen-bond donors (Lipinski definition) is 0. The molecule has 1 aliphatic rings. The normalized spacial score (nSPS) is 17.0. The predicted molar refractivity (Wildman–Crippen MR) is 116 cm³/mol. The summed E-state index contributed by atoms with van der Waals surface area (Å²) in [5.41, 5.74) is 2.10. The van der Waals surface area contributed by atoms with Gasteiger partial charge in [0.2, 0.25) is 5.91 Å². The summed E-state index contributed by atoms with van der Waals surface area (Å²) < 4.78 is 2.42. The summed E-state index contributed by atoms with van der Waals surface area (Å²) in [7, 11) is 0. The molecule has 5 rings (SSSR count). The first-order chi connectivity index (χ1) is 13.8. The summed E-state index contributed by atoms with van der Waals surface area (Å²) in [5, 5.41) is 2.20. The molecule has 1 fully saturated rings. The van der Waals surface area contributed by atoms with E-state index in [-0.39, 0.29) is 11.9 Å². The molecule has 1 amide bonds. The zero-order valence-electron chi connectivity index (χ0n) is 15.5. The lowest BCUT2D eigenvalue weighted by Crippen LogP contribution is -2.30. The molecule has 1 saturated heterocycles. The first-order valence-corrected chi connectivity index (χ1v) is 11.4. The second-order valence-electron chi connectivity index (χ2n) is 7.19. The number of nitrogens with zero attached hydrogens (tertiary/aromatic N) is 3. The highest BCUT2D eigenvalue weighted by molar-refractivity contribution is 7.18. The minimum absolute atomic E-state index is 0.146.